The number of nitrogens with two attached hydrogens (primary N) is 1. The van der Waals surface area contributed by atoms with E-state index in [1.54, 1.807) is 12.1 Å². The molecule has 112 valence electrons. The first-order valence-corrected chi connectivity index (χ1v) is 7.74. The molecule has 1 heterocycles. The van der Waals surface area contributed by atoms with Crippen LogP contribution in [0.2, 0.25) is 0 Å². The fourth-order valence-corrected chi connectivity index (χ4v) is 3.25. The molecule has 0 amide bonds. The van der Waals surface area contributed by atoms with Gasteiger partial charge in [-0.3, -0.25) is 0 Å². The number of benzene rings is 1. The van der Waals surface area contributed by atoms with Gasteiger partial charge in [-0.05, 0) is 36.5 Å². The van der Waals surface area contributed by atoms with Gasteiger partial charge in [-0.25, -0.2) is 4.39 Å². The molecule has 1 aromatic carbocycles. The van der Waals surface area contributed by atoms with Gasteiger partial charge in [-0.1, -0.05) is 49.4 Å². The van der Waals surface area contributed by atoms with Crippen LogP contribution in [0, 0.1) is 11.7 Å². The third-order valence-electron chi connectivity index (χ3n) is 4.44. The summed E-state index contributed by atoms with van der Waals surface area (Å²) in [7, 11) is 0. The quantitative estimate of drug-likeness (QED) is 0.896. The number of halogens is 1. The lowest BCUT2D eigenvalue weighted by molar-refractivity contribution is 0.335. The number of nitrogen functional groups attached to an aromatic ring is 1. The molecule has 2 aromatic rings. The molecule has 1 aromatic heterocycles. The zero-order valence-electron chi connectivity index (χ0n) is 12.1. The Morgan fingerprint density at radius 1 is 1.14 bits per heavy atom. The van der Waals surface area contributed by atoms with Crippen molar-refractivity contribution < 1.29 is 8.91 Å². The third kappa shape index (κ3) is 3.26. The summed E-state index contributed by atoms with van der Waals surface area (Å²) in [5, 5.41) is 4.11. The van der Waals surface area contributed by atoms with Gasteiger partial charge in [0.1, 0.15) is 5.82 Å². The van der Waals surface area contributed by atoms with Crippen molar-refractivity contribution in [3.8, 4) is 11.1 Å². The summed E-state index contributed by atoms with van der Waals surface area (Å²) in [4.78, 5) is 0. The van der Waals surface area contributed by atoms with Crippen LogP contribution in [0.15, 0.2) is 28.8 Å². The largest absolute Gasteiger partial charge is 0.367 e. The van der Waals surface area contributed by atoms with Crippen LogP contribution in [-0.2, 0) is 6.42 Å². The van der Waals surface area contributed by atoms with Crippen LogP contribution < -0.4 is 5.73 Å². The molecule has 0 radical (unpaired) electrons. The fourth-order valence-electron chi connectivity index (χ4n) is 3.25. The van der Waals surface area contributed by atoms with Gasteiger partial charge >= 0.3 is 0 Å². The zero-order valence-corrected chi connectivity index (χ0v) is 12.1. The van der Waals surface area contributed by atoms with Crippen LogP contribution in [0.25, 0.3) is 11.1 Å². The summed E-state index contributed by atoms with van der Waals surface area (Å²) in [6.45, 7) is 0. The molecule has 0 atom stereocenters. The molecule has 3 rings (SSSR count). The van der Waals surface area contributed by atoms with Gasteiger partial charge in [-0.2, -0.15) is 0 Å². The van der Waals surface area contributed by atoms with Gasteiger partial charge in [0.15, 0.2) is 0 Å². The van der Waals surface area contributed by atoms with Gasteiger partial charge in [0.05, 0.1) is 11.3 Å². The Hall–Kier alpha value is -1.84. The lowest BCUT2D eigenvalue weighted by Crippen LogP contribution is -2.07. The van der Waals surface area contributed by atoms with E-state index in [0.29, 0.717) is 5.88 Å². The topological polar surface area (TPSA) is 52.0 Å². The van der Waals surface area contributed by atoms with Gasteiger partial charge in [-0.15, -0.1) is 0 Å². The maximum absolute atomic E-state index is 13.1. The minimum Gasteiger partial charge on any atom is -0.367 e. The first-order chi connectivity index (χ1) is 10.2. The van der Waals surface area contributed by atoms with Crippen LogP contribution in [0.5, 0.6) is 0 Å². The number of rotatable bonds is 4. The molecule has 4 heteroatoms. The molecule has 1 fully saturated rings. The minimum atomic E-state index is -0.252. The van der Waals surface area contributed by atoms with E-state index in [-0.39, 0.29) is 5.82 Å². The first-order valence-electron chi connectivity index (χ1n) is 7.74. The van der Waals surface area contributed by atoms with E-state index < -0.39 is 0 Å². The predicted molar refractivity (Wildman–Crippen MR) is 81.2 cm³/mol. The summed E-state index contributed by atoms with van der Waals surface area (Å²) >= 11 is 0. The molecule has 2 N–H and O–H groups in total. The van der Waals surface area contributed by atoms with E-state index >= 15 is 0 Å². The van der Waals surface area contributed by atoms with Crippen molar-refractivity contribution in [1.82, 2.24) is 5.16 Å². The lowest BCUT2D eigenvalue weighted by Gasteiger charge is -2.20. The molecule has 1 aliphatic carbocycles. The number of hydrogen-bond donors (Lipinski definition) is 1. The lowest BCUT2D eigenvalue weighted by atomic mass is 9.85. The van der Waals surface area contributed by atoms with Crippen molar-refractivity contribution in [2.75, 3.05) is 5.73 Å². The smallest absolute Gasteiger partial charge is 0.230 e. The van der Waals surface area contributed by atoms with Gasteiger partial charge in [0.2, 0.25) is 5.88 Å². The Morgan fingerprint density at radius 2 is 1.86 bits per heavy atom. The summed E-state index contributed by atoms with van der Waals surface area (Å²) in [6.07, 6.45) is 8.69. The number of anilines is 1. The molecule has 0 saturated heterocycles. The maximum Gasteiger partial charge on any atom is 0.230 e. The van der Waals surface area contributed by atoms with E-state index in [0.717, 1.165) is 35.6 Å². The SMILES string of the molecule is Nc1onc(CCC2CCCCC2)c1-c1ccc(F)cc1. The predicted octanol–water partition coefficient (Wildman–Crippen LogP) is 4.58. The van der Waals surface area contributed by atoms with E-state index in [1.165, 1.54) is 44.2 Å². The highest BCUT2D eigenvalue weighted by atomic mass is 19.1. The second-order valence-corrected chi connectivity index (χ2v) is 5.92. The average Bonchev–Trinajstić information content (AvgIpc) is 2.88. The Balaban J connectivity index is 1.75. The van der Waals surface area contributed by atoms with Gasteiger partial charge in [0.25, 0.3) is 0 Å². The second-order valence-electron chi connectivity index (χ2n) is 5.92. The fraction of sp³-hybridized carbons (Fsp3) is 0.471. The molecule has 0 bridgehead atoms. The van der Waals surface area contributed by atoms with Crippen LogP contribution in [0.3, 0.4) is 0 Å². The Kier molecular flexibility index (Phi) is 4.23. The highest BCUT2D eigenvalue weighted by Gasteiger charge is 2.19. The van der Waals surface area contributed by atoms with Crippen LogP contribution in [0.4, 0.5) is 10.3 Å². The minimum absolute atomic E-state index is 0.252. The van der Waals surface area contributed by atoms with Crippen molar-refractivity contribution in [3.63, 3.8) is 0 Å². The second kappa shape index (κ2) is 6.29. The zero-order chi connectivity index (χ0) is 14.7. The van der Waals surface area contributed by atoms with Crippen molar-refractivity contribution in [2.45, 2.75) is 44.9 Å². The van der Waals surface area contributed by atoms with E-state index in [9.17, 15) is 4.39 Å². The number of hydrogen-bond acceptors (Lipinski definition) is 3. The maximum atomic E-state index is 13.1. The monoisotopic (exact) mass is 288 g/mol. The van der Waals surface area contributed by atoms with Crippen LogP contribution in [0.1, 0.15) is 44.2 Å². The molecule has 1 saturated carbocycles. The Bertz CT molecular complexity index is 585. The van der Waals surface area contributed by atoms with E-state index in [1.807, 2.05) is 0 Å². The van der Waals surface area contributed by atoms with Crippen molar-refractivity contribution in [3.05, 3.63) is 35.8 Å². The highest BCUT2D eigenvalue weighted by Crippen LogP contribution is 2.33. The van der Waals surface area contributed by atoms with Gasteiger partial charge < -0.3 is 10.3 Å². The molecule has 0 unspecified atom stereocenters. The number of aromatic nitrogens is 1. The van der Waals surface area contributed by atoms with Crippen molar-refractivity contribution in [2.24, 2.45) is 5.92 Å². The summed E-state index contributed by atoms with van der Waals surface area (Å²) in [5.41, 5.74) is 8.48. The van der Waals surface area contributed by atoms with Crippen LogP contribution >= 0.6 is 0 Å². The normalized spacial score (nSPS) is 16.2. The van der Waals surface area contributed by atoms with Gasteiger partial charge in [0, 0.05) is 0 Å². The molecule has 21 heavy (non-hydrogen) atoms. The van der Waals surface area contributed by atoms with Crippen LogP contribution in [-0.4, -0.2) is 5.16 Å². The highest BCUT2D eigenvalue weighted by molar-refractivity contribution is 5.74. The standard InChI is InChI=1S/C17H21FN2O/c18-14-9-7-13(8-10-14)16-15(20-21-17(16)19)11-6-12-4-2-1-3-5-12/h7-10,12H,1-6,11,19H2. The summed E-state index contributed by atoms with van der Waals surface area (Å²) in [6, 6.07) is 6.32. The molecule has 0 aliphatic heterocycles. The molecule has 3 nitrogen and oxygen atoms in total. The molecular formula is C17H21FN2O. The number of nitrogens with zero attached hydrogens (tertiary/aromatic N) is 1. The molecule has 1 aliphatic rings. The molecular weight excluding hydrogens is 267 g/mol. The number of aryl methyl sites for hydroxylation is 1. The molecule has 0 spiro atoms. The first kappa shape index (κ1) is 14.1. The average molecular weight is 288 g/mol. The summed E-state index contributed by atoms with van der Waals surface area (Å²) < 4.78 is 18.2. The van der Waals surface area contributed by atoms with E-state index in [4.69, 9.17) is 10.3 Å². The van der Waals surface area contributed by atoms with Crippen molar-refractivity contribution >= 4 is 5.88 Å². The Labute approximate surface area is 124 Å². The third-order valence-corrected chi connectivity index (χ3v) is 4.44. The Morgan fingerprint density at radius 3 is 2.57 bits per heavy atom. The van der Waals surface area contributed by atoms with Crippen molar-refractivity contribution in [1.29, 1.82) is 0 Å². The summed E-state index contributed by atoms with van der Waals surface area (Å²) in [5.74, 6) is 0.857. The van der Waals surface area contributed by atoms with E-state index in [2.05, 4.69) is 5.16 Å².